The van der Waals surface area contributed by atoms with E-state index in [0.717, 1.165) is 12.1 Å². The number of nitrogens with zero attached hydrogens (tertiary/aromatic N) is 4. The molecule has 0 atom stereocenters. The molecule has 7 heteroatoms. The number of hydrogen-bond acceptors (Lipinski definition) is 3. The third kappa shape index (κ3) is 2.66. The van der Waals surface area contributed by atoms with E-state index >= 15 is 0 Å². The molecular weight excluding hydrogens is 352 g/mol. The molecule has 0 unspecified atom stereocenters. The third-order valence-corrected chi connectivity index (χ3v) is 4.34. The molecule has 0 saturated heterocycles. The zero-order valence-electron chi connectivity index (χ0n) is 9.10. The minimum atomic E-state index is -0.137. The van der Waals surface area contributed by atoms with E-state index in [9.17, 15) is 4.79 Å². The maximum Gasteiger partial charge on any atom is 0.282 e. The summed E-state index contributed by atoms with van der Waals surface area (Å²) in [7, 11) is 1.88. The van der Waals surface area contributed by atoms with E-state index in [2.05, 4.69) is 42.1 Å². The predicted octanol–water partition coefficient (Wildman–Crippen LogP) is 1.74. The lowest BCUT2D eigenvalue weighted by Crippen LogP contribution is -2.24. The van der Waals surface area contributed by atoms with Crippen LogP contribution in [0.1, 0.15) is 5.69 Å². The number of rotatable bonds is 3. The monoisotopic (exact) mass is 360 g/mol. The van der Waals surface area contributed by atoms with E-state index in [-0.39, 0.29) is 5.56 Å². The topological polar surface area (TPSA) is 52.7 Å². The van der Waals surface area contributed by atoms with Crippen LogP contribution in [-0.2, 0) is 20.0 Å². The van der Waals surface area contributed by atoms with E-state index in [1.807, 2.05) is 13.1 Å². The fourth-order valence-electron chi connectivity index (χ4n) is 1.47. The number of aryl methyl sites for hydroxylation is 3. The highest BCUT2D eigenvalue weighted by atomic mass is 79.9. The second-order valence-corrected chi connectivity index (χ2v) is 5.18. The van der Waals surface area contributed by atoms with Gasteiger partial charge in [-0.3, -0.25) is 9.48 Å². The summed E-state index contributed by atoms with van der Waals surface area (Å²) in [6, 6.07) is 1.93. The molecule has 2 aromatic rings. The Kier molecular flexibility index (Phi) is 3.78. The Hall–Kier alpha value is -0.950. The summed E-state index contributed by atoms with van der Waals surface area (Å²) in [5.41, 5.74) is 0.930. The summed E-state index contributed by atoms with van der Waals surface area (Å²) >= 11 is 6.47. The van der Waals surface area contributed by atoms with Crippen molar-refractivity contribution < 1.29 is 0 Å². The lowest BCUT2D eigenvalue weighted by Gasteiger charge is -2.05. The second-order valence-electron chi connectivity index (χ2n) is 3.53. The quantitative estimate of drug-likeness (QED) is 0.836. The molecule has 17 heavy (non-hydrogen) atoms. The zero-order valence-corrected chi connectivity index (χ0v) is 12.3. The Bertz CT molecular complexity index is 590. The van der Waals surface area contributed by atoms with Crippen molar-refractivity contribution in [2.24, 2.45) is 7.05 Å². The number of aromatic nitrogens is 4. The summed E-state index contributed by atoms with van der Waals surface area (Å²) in [6.07, 6.45) is 4.06. The molecule has 0 aliphatic heterocycles. The smallest absolute Gasteiger partial charge is 0.273 e. The summed E-state index contributed by atoms with van der Waals surface area (Å²) in [5.74, 6) is 0. The van der Waals surface area contributed by atoms with Gasteiger partial charge in [-0.25, -0.2) is 4.68 Å². The van der Waals surface area contributed by atoms with Gasteiger partial charge in [0.05, 0.1) is 17.2 Å². The van der Waals surface area contributed by atoms with Gasteiger partial charge >= 0.3 is 0 Å². The molecule has 0 aliphatic rings. The summed E-state index contributed by atoms with van der Waals surface area (Å²) in [6.45, 7) is 0.532. The van der Waals surface area contributed by atoms with Gasteiger partial charge in [-0.2, -0.15) is 10.2 Å². The van der Waals surface area contributed by atoms with E-state index in [0.29, 0.717) is 15.5 Å². The van der Waals surface area contributed by atoms with Crippen molar-refractivity contribution in [3.8, 4) is 0 Å². The van der Waals surface area contributed by atoms with Crippen molar-refractivity contribution in [1.29, 1.82) is 0 Å². The maximum absolute atomic E-state index is 11.8. The van der Waals surface area contributed by atoms with Crippen LogP contribution in [0.2, 0.25) is 0 Å². The average molecular weight is 362 g/mol. The molecule has 90 valence electrons. The molecule has 2 heterocycles. The van der Waals surface area contributed by atoms with E-state index < -0.39 is 0 Å². The Morgan fingerprint density at radius 3 is 2.76 bits per heavy atom. The third-order valence-electron chi connectivity index (χ3n) is 2.44. The average Bonchev–Trinajstić information content (AvgIpc) is 2.71. The van der Waals surface area contributed by atoms with Gasteiger partial charge in [0.15, 0.2) is 0 Å². The van der Waals surface area contributed by atoms with Crippen LogP contribution in [-0.4, -0.2) is 19.6 Å². The van der Waals surface area contributed by atoms with Crippen LogP contribution in [0.5, 0.6) is 0 Å². The Morgan fingerprint density at radius 2 is 2.12 bits per heavy atom. The van der Waals surface area contributed by atoms with Crippen molar-refractivity contribution in [2.75, 3.05) is 0 Å². The minimum absolute atomic E-state index is 0.137. The molecular formula is C10H10Br2N4O. The van der Waals surface area contributed by atoms with Crippen LogP contribution in [0.15, 0.2) is 32.2 Å². The van der Waals surface area contributed by atoms with Crippen molar-refractivity contribution in [2.45, 2.75) is 13.0 Å². The van der Waals surface area contributed by atoms with Gasteiger partial charge in [0.1, 0.15) is 4.47 Å². The van der Waals surface area contributed by atoms with Crippen LogP contribution in [0, 0.1) is 0 Å². The lowest BCUT2D eigenvalue weighted by atomic mass is 10.3. The first-order valence-corrected chi connectivity index (χ1v) is 6.56. The first kappa shape index (κ1) is 12.5. The van der Waals surface area contributed by atoms with Gasteiger partial charge in [-0.15, -0.1) is 0 Å². The molecule has 0 aromatic carbocycles. The molecule has 0 spiro atoms. The molecule has 5 nitrogen and oxygen atoms in total. The fraction of sp³-hybridized carbons (Fsp3) is 0.300. The molecule has 2 aromatic heterocycles. The first-order valence-electron chi connectivity index (χ1n) is 4.97. The molecule has 0 fully saturated rings. The van der Waals surface area contributed by atoms with Gasteiger partial charge in [0.2, 0.25) is 0 Å². The highest BCUT2D eigenvalue weighted by Gasteiger charge is 2.07. The normalized spacial score (nSPS) is 10.8. The lowest BCUT2D eigenvalue weighted by molar-refractivity contribution is 0.554. The fourth-order valence-corrected chi connectivity index (χ4v) is 2.04. The van der Waals surface area contributed by atoms with Gasteiger partial charge in [-0.1, -0.05) is 0 Å². The van der Waals surface area contributed by atoms with E-state index in [4.69, 9.17) is 0 Å². The van der Waals surface area contributed by atoms with Gasteiger partial charge in [0.25, 0.3) is 5.56 Å². The predicted molar refractivity (Wildman–Crippen MR) is 70.8 cm³/mol. The SMILES string of the molecule is Cn1nccc1CCn1ncc(Br)c(Br)c1=O. The van der Waals surface area contributed by atoms with Crippen LogP contribution >= 0.6 is 31.9 Å². The van der Waals surface area contributed by atoms with Crippen molar-refractivity contribution in [3.63, 3.8) is 0 Å². The Morgan fingerprint density at radius 1 is 1.35 bits per heavy atom. The Balaban J connectivity index is 2.18. The van der Waals surface area contributed by atoms with Crippen LogP contribution in [0.4, 0.5) is 0 Å². The molecule has 0 bridgehead atoms. The molecule has 0 saturated carbocycles. The van der Waals surface area contributed by atoms with Gasteiger partial charge < -0.3 is 0 Å². The second kappa shape index (κ2) is 5.14. The minimum Gasteiger partial charge on any atom is -0.273 e. The molecule has 0 N–H and O–H groups in total. The van der Waals surface area contributed by atoms with Crippen molar-refractivity contribution in [1.82, 2.24) is 19.6 Å². The van der Waals surface area contributed by atoms with E-state index in [1.165, 1.54) is 4.68 Å². The molecule has 2 rings (SSSR count). The molecule has 0 amide bonds. The maximum atomic E-state index is 11.8. The number of hydrogen-bond donors (Lipinski definition) is 0. The van der Waals surface area contributed by atoms with Crippen LogP contribution < -0.4 is 5.56 Å². The summed E-state index contributed by atoms with van der Waals surface area (Å²) in [5, 5.41) is 8.14. The summed E-state index contributed by atoms with van der Waals surface area (Å²) < 4.78 is 4.39. The highest BCUT2D eigenvalue weighted by molar-refractivity contribution is 9.13. The molecule has 0 radical (unpaired) electrons. The Labute approximate surface area is 115 Å². The van der Waals surface area contributed by atoms with E-state index in [1.54, 1.807) is 17.1 Å². The van der Waals surface area contributed by atoms with Crippen molar-refractivity contribution >= 4 is 31.9 Å². The molecule has 0 aliphatic carbocycles. The first-order chi connectivity index (χ1) is 8.09. The summed E-state index contributed by atoms with van der Waals surface area (Å²) in [4.78, 5) is 11.8. The standard InChI is InChI=1S/C10H10Br2N4O/c1-15-7(2-4-13-15)3-5-16-10(17)9(12)8(11)6-14-16/h2,4,6H,3,5H2,1H3. The largest absolute Gasteiger partial charge is 0.282 e. The van der Waals surface area contributed by atoms with Crippen molar-refractivity contribution in [3.05, 3.63) is 43.5 Å². The van der Waals surface area contributed by atoms with Crippen LogP contribution in [0.3, 0.4) is 0 Å². The van der Waals surface area contributed by atoms with Gasteiger partial charge in [0, 0.05) is 25.4 Å². The zero-order chi connectivity index (χ0) is 12.4. The van der Waals surface area contributed by atoms with Gasteiger partial charge in [-0.05, 0) is 37.9 Å². The highest BCUT2D eigenvalue weighted by Crippen LogP contribution is 2.16. The van der Waals surface area contributed by atoms with Crippen LogP contribution in [0.25, 0.3) is 0 Å². The number of halogens is 2.